The van der Waals surface area contributed by atoms with Gasteiger partial charge in [-0.25, -0.2) is 32.7 Å². The van der Waals surface area contributed by atoms with Gasteiger partial charge in [-0.2, -0.15) is 0 Å². The SMILES string of the molecule is CCOC(=O)c1ncn(CCOc2ccc(F)cc2)c1C(=O)[O-].CCOC(=O)c1ncn(CCOc2ccc(F)cc2)c1O.[NH3+]CCOc1ccc(F)cc1. The van der Waals surface area contributed by atoms with Crippen molar-refractivity contribution >= 4 is 17.9 Å². The Morgan fingerprint density at radius 3 is 1.45 bits per heavy atom. The van der Waals surface area contributed by atoms with Crippen molar-refractivity contribution in [2.75, 3.05) is 39.6 Å². The van der Waals surface area contributed by atoms with E-state index >= 15 is 0 Å². The predicted octanol–water partition coefficient (Wildman–Crippen LogP) is 3.07. The number of ether oxygens (including phenoxy) is 5. The molecule has 0 bridgehead atoms. The van der Waals surface area contributed by atoms with E-state index in [9.17, 15) is 37.8 Å². The van der Waals surface area contributed by atoms with Crippen LogP contribution in [0.2, 0.25) is 0 Å². The summed E-state index contributed by atoms with van der Waals surface area (Å²) >= 11 is 0. The number of carbonyl (C=O) groups excluding carboxylic acids is 3. The molecule has 55 heavy (non-hydrogen) atoms. The number of imidazole rings is 2. The molecule has 15 nitrogen and oxygen atoms in total. The molecule has 0 spiro atoms. The highest BCUT2D eigenvalue weighted by Crippen LogP contribution is 2.18. The Balaban J connectivity index is 0.000000235. The summed E-state index contributed by atoms with van der Waals surface area (Å²) in [5, 5.41) is 21.1. The first-order valence-electron chi connectivity index (χ1n) is 16.8. The topological polar surface area (TPSA) is 204 Å². The van der Waals surface area contributed by atoms with Gasteiger partial charge in [-0.15, -0.1) is 0 Å². The Labute approximate surface area is 313 Å². The van der Waals surface area contributed by atoms with Gasteiger partial charge in [0.15, 0.2) is 5.69 Å². The van der Waals surface area contributed by atoms with Gasteiger partial charge in [0, 0.05) is 0 Å². The van der Waals surface area contributed by atoms with Gasteiger partial charge in [0.1, 0.15) is 61.1 Å². The van der Waals surface area contributed by atoms with Crippen LogP contribution in [-0.2, 0) is 22.6 Å². The molecule has 0 aliphatic rings. The number of quaternary nitrogens is 1. The van der Waals surface area contributed by atoms with Gasteiger partial charge in [0.25, 0.3) is 0 Å². The van der Waals surface area contributed by atoms with Crippen LogP contribution in [0.1, 0.15) is 45.3 Å². The fourth-order valence-corrected chi connectivity index (χ4v) is 4.30. The summed E-state index contributed by atoms with van der Waals surface area (Å²) in [6.07, 6.45) is 2.53. The first-order chi connectivity index (χ1) is 26.5. The zero-order chi connectivity index (χ0) is 40.2. The molecule has 0 amide bonds. The van der Waals surface area contributed by atoms with Crippen molar-refractivity contribution in [1.82, 2.24) is 19.1 Å². The molecule has 2 aromatic heterocycles. The zero-order valence-electron chi connectivity index (χ0n) is 30.0. The third-order valence-electron chi connectivity index (χ3n) is 6.83. The quantitative estimate of drug-likeness (QED) is 0.139. The molecule has 5 rings (SSSR count). The highest BCUT2D eigenvalue weighted by atomic mass is 19.1. The lowest BCUT2D eigenvalue weighted by atomic mass is 10.3. The van der Waals surface area contributed by atoms with E-state index in [1.807, 2.05) is 0 Å². The van der Waals surface area contributed by atoms with Crippen molar-refractivity contribution in [2.45, 2.75) is 26.9 Å². The summed E-state index contributed by atoms with van der Waals surface area (Å²) in [4.78, 5) is 41.9. The van der Waals surface area contributed by atoms with Crippen LogP contribution in [0, 0.1) is 17.5 Å². The molecule has 0 fully saturated rings. The molecule has 0 saturated carbocycles. The number of aromatic nitrogens is 4. The molecule has 0 unspecified atom stereocenters. The Kier molecular flexibility index (Phi) is 17.5. The van der Waals surface area contributed by atoms with Crippen molar-refractivity contribution < 1.29 is 67.2 Å². The second-order valence-electron chi connectivity index (χ2n) is 10.7. The largest absolute Gasteiger partial charge is 0.543 e. The molecule has 2 heterocycles. The van der Waals surface area contributed by atoms with Crippen LogP contribution >= 0.6 is 0 Å². The summed E-state index contributed by atoms with van der Waals surface area (Å²) in [5.74, 6) is -2.63. The number of esters is 2. The van der Waals surface area contributed by atoms with E-state index in [0.29, 0.717) is 23.9 Å². The van der Waals surface area contributed by atoms with E-state index in [0.717, 1.165) is 6.54 Å². The number of carboxylic acid groups (broad SMARTS) is 1. The molecule has 0 aliphatic carbocycles. The van der Waals surface area contributed by atoms with Crippen molar-refractivity contribution in [3.8, 4) is 23.1 Å². The van der Waals surface area contributed by atoms with Crippen LogP contribution in [-0.4, -0.2) is 81.7 Å². The van der Waals surface area contributed by atoms with E-state index in [1.165, 1.54) is 82.5 Å². The van der Waals surface area contributed by atoms with Crippen molar-refractivity contribution in [3.05, 3.63) is 120 Å². The number of nitrogens with zero attached hydrogens (tertiary/aromatic N) is 4. The van der Waals surface area contributed by atoms with Crippen LogP contribution < -0.4 is 25.1 Å². The first-order valence-corrected chi connectivity index (χ1v) is 16.8. The highest BCUT2D eigenvalue weighted by Gasteiger charge is 2.20. The van der Waals surface area contributed by atoms with E-state index in [1.54, 1.807) is 26.0 Å². The van der Waals surface area contributed by atoms with Gasteiger partial charge in [0.05, 0.1) is 50.6 Å². The molecule has 0 aliphatic heterocycles. The van der Waals surface area contributed by atoms with Crippen molar-refractivity contribution in [2.24, 2.45) is 0 Å². The van der Waals surface area contributed by atoms with E-state index < -0.39 is 17.9 Å². The van der Waals surface area contributed by atoms with Crippen LogP contribution in [0.25, 0.3) is 0 Å². The van der Waals surface area contributed by atoms with Gasteiger partial charge in [-0.3, -0.25) is 4.57 Å². The minimum atomic E-state index is -1.53. The fourth-order valence-electron chi connectivity index (χ4n) is 4.30. The maximum atomic E-state index is 12.8. The van der Waals surface area contributed by atoms with Crippen LogP contribution in [0.4, 0.5) is 13.2 Å². The van der Waals surface area contributed by atoms with E-state index in [-0.39, 0.29) is 79.9 Å². The molecule has 18 heteroatoms. The summed E-state index contributed by atoms with van der Waals surface area (Å²) in [5.41, 5.74) is 2.81. The summed E-state index contributed by atoms with van der Waals surface area (Å²) in [6.45, 7) is 5.62. The maximum Gasteiger partial charge on any atom is 0.362 e. The molecular formula is C37H40F3N5O10. The number of hydrogen-bond acceptors (Lipinski definition) is 12. The second-order valence-corrected chi connectivity index (χ2v) is 10.7. The Morgan fingerprint density at radius 1 is 0.655 bits per heavy atom. The van der Waals surface area contributed by atoms with Gasteiger partial charge >= 0.3 is 11.9 Å². The molecule has 5 aromatic rings. The fraction of sp³-hybridized carbons (Fsp3) is 0.270. The average Bonchev–Trinajstić information content (AvgIpc) is 3.77. The van der Waals surface area contributed by atoms with Gasteiger partial charge in [-0.05, 0) is 86.6 Å². The zero-order valence-corrected chi connectivity index (χ0v) is 30.0. The predicted molar refractivity (Wildman–Crippen MR) is 186 cm³/mol. The number of carbonyl (C=O) groups is 3. The number of aromatic carboxylic acids is 1. The Bertz CT molecular complexity index is 1940. The number of halogens is 3. The third-order valence-corrected chi connectivity index (χ3v) is 6.83. The maximum absolute atomic E-state index is 12.8. The molecule has 3 aromatic carbocycles. The molecule has 294 valence electrons. The number of benzene rings is 3. The average molecular weight is 772 g/mol. The molecule has 0 radical (unpaired) electrons. The smallest absolute Gasteiger partial charge is 0.362 e. The minimum absolute atomic E-state index is 0.102. The lowest BCUT2D eigenvalue weighted by molar-refractivity contribution is -0.370. The lowest BCUT2D eigenvalue weighted by Gasteiger charge is -2.11. The van der Waals surface area contributed by atoms with E-state index in [2.05, 4.69) is 15.7 Å². The van der Waals surface area contributed by atoms with Crippen LogP contribution in [0.5, 0.6) is 23.1 Å². The number of carboxylic acids is 1. The minimum Gasteiger partial charge on any atom is -0.543 e. The van der Waals surface area contributed by atoms with Crippen molar-refractivity contribution in [3.63, 3.8) is 0 Å². The molecular weight excluding hydrogens is 731 g/mol. The summed E-state index contributed by atoms with van der Waals surface area (Å²) < 4.78 is 65.9. The Hall–Kier alpha value is -6.56. The van der Waals surface area contributed by atoms with Gasteiger partial charge in [0.2, 0.25) is 11.6 Å². The highest BCUT2D eigenvalue weighted by molar-refractivity contribution is 5.99. The summed E-state index contributed by atoms with van der Waals surface area (Å²) in [7, 11) is 0. The second kappa shape index (κ2) is 22.5. The van der Waals surface area contributed by atoms with Crippen LogP contribution in [0.15, 0.2) is 85.5 Å². The number of hydrogen-bond donors (Lipinski definition) is 2. The van der Waals surface area contributed by atoms with Gasteiger partial charge < -0.3 is 49.0 Å². The number of aromatic hydroxyl groups is 1. The van der Waals surface area contributed by atoms with Crippen LogP contribution in [0.3, 0.4) is 0 Å². The lowest BCUT2D eigenvalue weighted by Crippen LogP contribution is -2.52. The normalized spacial score (nSPS) is 10.2. The number of rotatable bonds is 16. The Morgan fingerprint density at radius 2 is 1.04 bits per heavy atom. The third kappa shape index (κ3) is 14.1. The summed E-state index contributed by atoms with van der Waals surface area (Å²) in [6, 6.07) is 17.0. The van der Waals surface area contributed by atoms with E-state index in [4.69, 9.17) is 23.7 Å². The first kappa shape index (κ1) is 42.8. The monoisotopic (exact) mass is 771 g/mol. The van der Waals surface area contributed by atoms with Crippen molar-refractivity contribution in [1.29, 1.82) is 0 Å². The molecule has 0 saturated heterocycles. The molecule has 0 atom stereocenters. The standard InChI is InChI=1S/C15H15FN2O5.C14H15FN2O4.C8H10FNO/c1-2-22-15(21)12-13(14(19)20)18(9-17-12)7-8-23-11-5-3-10(16)4-6-11;1-2-20-14(19)12-13(18)17(9-16-12)7-8-21-11-5-3-10(15)4-6-11;9-7-1-3-8(4-2-7)11-6-5-10/h3-6,9H,2,7-8H2,1H3,(H,19,20);3-6,9,18H,2,7-8H2,1H3;1-4H,5-6,10H2. The van der Waals surface area contributed by atoms with Gasteiger partial charge in [-0.1, -0.05) is 0 Å². The molecule has 4 N–H and O–H groups in total.